The van der Waals surface area contributed by atoms with E-state index < -0.39 is 11.8 Å². The van der Waals surface area contributed by atoms with E-state index in [2.05, 4.69) is 15.9 Å². The maximum Gasteiger partial charge on any atom is 0.328 e. The summed E-state index contributed by atoms with van der Waals surface area (Å²) in [6.45, 7) is 0.0136. The van der Waals surface area contributed by atoms with Gasteiger partial charge in [0.05, 0.1) is 0 Å². The van der Waals surface area contributed by atoms with Crippen LogP contribution in [-0.2, 0) is 4.79 Å². The summed E-state index contributed by atoms with van der Waals surface area (Å²) in [5.41, 5.74) is 0. The van der Waals surface area contributed by atoms with Crippen molar-refractivity contribution in [2.45, 2.75) is 0 Å². The Labute approximate surface area is 94.3 Å². The Kier molecular flexibility index (Phi) is 4.30. The second kappa shape index (κ2) is 5.50. The largest absolute Gasteiger partial charge is 0.486 e. The number of carboxylic acid groups (broad SMARTS) is 1. The smallest absolute Gasteiger partial charge is 0.328 e. The highest BCUT2D eigenvalue weighted by molar-refractivity contribution is 9.10. The lowest BCUT2D eigenvalue weighted by atomic mass is 10.3. The molecule has 0 aliphatic rings. The maximum atomic E-state index is 13.1. The SMILES string of the molecule is O=C(O)/C=C/COc1cc(Br)ccc1F. The zero-order valence-electron chi connectivity index (χ0n) is 7.61. The summed E-state index contributed by atoms with van der Waals surface area (Å²) in [4.78, 5) is 10.1. The van der Waals surface area contributed by atoms with Crippen LogP contribution >= 0.6 is 15.9 Å². The summed E-state index contributed by atoms with van der Waals surface area (Å²) in [5, 5.41) is 8.29. The van der Waals surface area contributed by atoms with Gasteiger partial charge in [-0.3, -0.25) is 0 Å². The number of ether oxygens (including phenoxy) is 1. The molecule has 1 aromatic carbocycles. The van der Waals surface area contributed by atoms with Gasteiger partial charge < -0.3 is 9.84 Å². The third kappa shape index (κ3) is 4.12. The van der Waals surface area contributed by atoms with Crippen molar-refractivity contribution < 1.29 is 19.0 Å². The van der Waals surface area contributed by atoms with E-state index in [1.165, 1.54) is 18.2 Å². The molecular weight excluding hydrogens is 267 g/mol. The molecule has 80 valence electrons. The molecule has 5 heteroatoms. The van der Waals surface area contributed by atoms with Crippen LogP contribution in [0.25, 0.3) is 0 Å². The van der Waals surface area contributed by atoms with E-state index in [9.17, 15) is 9.18 Å². The number of hydrogen-bond donors (Lipinski definition) is 1. The first-order chi connectivity index (χ1) is 7.09. The van der Waals surface area contributed by atoms with Crippen LogP contribution in [0.2, 0.25) is 0 Å². The lowest BCUT2D eigenvalue weighted by Crippen LogP contribution is -1.97. The van der Waals surface area contributed by atoms with Gasteiger partial charge in [0.15, 0.2) is 11.6 Å². The standard InChI is InChI=1S/C10H8BrFO3/c11-7-3-4-8(12)9(6-7)15-5-1-2-10(13)14/h1-4,6H,5H2,(H,13,14)/b2-1+. The Balaban J connectivity index is 2.57. The van der Waals surface area contributed by atoms with E-state index in [4.69, 9.17) is 9.84 Å². The highest BCUT2D eigenvalue weighted by atomic mass is 79.9. The van der Waals surface area contributed by atoms with Crippen molar-refractivity contribution in [3.63, 3.8) is 0 Å². The van der Waals surface area contributed by atoms with Gasteiger partial charge in [-0.1, -0.05) is 15.9 Å². The zero-order valence-corrected chi connectivity index (χ0v) is 9.20. The summed E-state index contributed by atoms with van der Waals surface area (Å²) in [6, 6.07) is 4.29. The molecule has 0 atom stereocenters. The van der Waals surface area contributed by atoms with E-state index in [0.29, 0.717) is 4.47 Å². The predicted molar refractivity (Wildman–Crippen MR) is 56.4 cm³/mol. The number of halogens is 2. The van der Waals surface area contributed by atoms with Crippen LogP contribution in [0.5, 0.6) is 5.75 Å². The van der Waals surface area contributed by atoms with Gasteiger partial charge >= 0.3 is 5.97 Å². The van der Waals surface area contributed by atoms with Crippen molar-refractivity contribution >= 4 is 21.9 Å². The van der Waals surface area contributed by atoms with Gasteiger partial charge in [0.1, 0.15) is 6.61 Å². The van der Waals surface area contributed by atoms with E-state index in [-0.39, 0.29) is 12.4 Å². The van der Waals surface area contributed by atoms with E-state index >= 15 is 0 Å². The Bertz CT molecular complexity index is 390. The fourth-order valence-electron chi connectivity index (χ4n) is 0.875. The molecule has 0 radical (unpaired) electrons. The molecule has 0 heterocycles. The zero-order chi connectivity index (χ0) is 11.3. The minimum absolute atomic E-state index is 0.0136. The van der Waals surface area contributed by atoms with E-state index in [0.717, 1.165) is 6.08 Å². The van der Waals surface area contributed by atoms with Crippen LogP contribution in [0.15, 0.2) is 34.8 Å². The monoisotopic (exact) mass is 274 g/mol. The van der Waals surface area contributed by atoms with Gasteiger partial charge in [0.25, 0.3) is 0 Å². The second-order valence-electron chi connectivity index (χ2n) is 2.63. The van der Waals surface area contributed by atoms with Crippen molar-refractivity contribution in [2.75, 3.05) is 6.61 Å². The number of aliphatic carboxylic acids is 1. The Morgan fingerprint density at radius 1 is 1.60 bits per heavy atom. The molecule has 1 aromatic rings. The van der Waals surface area contributed by atoms with Crippen molar-refractivity contribution in [1.82, 2.24) is 0 Å². The fourth-order valence-corrected chi connectivity index (χ4v) is 1.21. The topological polar surface area (TPSA) is 46.5 Å². The van der Waals surface area contributed by atoms with Crippen LogP contribution < -0.4 is 4.74 Å². The lowest BCUT2D eigenvalue weighted by Gasteiger charge is -2.04. The summed E-state index contributed by atoms with van der Waals surface area (Å²) in [6.07, 6.45) is 2.23. The Morgan fingerprint density at radius 2 is 2.33 bits per heavy atom. The fraction of sp³-hybridized carbons (Fsp3) is 0.100. The molecule has 0 aliphatic heterocycles. The lowest BCUT2D eigenvalue weighted by molar-refractivity contribution is -0.131. The van der Waals surface area contributed by atoms with Gasteiger partial charge in [0, 0.05) is 10.5 Å². The molecule has 0 unspecified atom stereocenters. The van der Waals surface area contributed by atoms with Crippen molar-refractivity contribution in [3.8, 4) is 5.75 Å². The van der Waals surface area contributed by atoms with Gasteiger partial charge in [-0.05, 0) is 24.3 Å². The maximum absolute atomic E-state index is 13.1. The molecule has 0 saturated carbocycles. The number of hydrogen-bond acceptors (Lipinski definition) is 2. The van der Waals surface area contributed by atoms with Gasteiger partial charge in [-0.15, -0.1) is 0 Å². The molecule has 0 amide bonds. The average Bonchev–Trinajstić information content (AvgIpc) is 2.17. The minimum atomic E-state index is -1.06. The normalized spacial score (nSPS) is 10.5. The van der Waals surface area contributed by atoms with E-state index in [1.54, 1.807) is 6.07 Å². The molecule has 1 N–H and O–H groups in total. The minimum Gasteiger partial charge on any atom is -0.486 e. The number of rotatable bonds is 4. The molecular formula is C10H8BrFO3. The average molecular weight is 275 g/mol. The quantitative estimate of drug-likeness (QED) is 0.859. The third-order valence-electron chi connectivity index (χ3n) is 1.49. The van der Waals surface area contributed by atoms with Gasteiger partial charge in [-0.2, -0.15) is 0 Å². The van der Waals surface area contributed by atoms with Crippen LogP contribution in [0.1, 0.15) is 0 Å². The molecule has 0 aromatic heterocycles. The molecule has 3 nitrogen and oxygen atoms in total. The third-order valence-corrected chi connectivity index (χ3v) is 1.98. The number of benzene rings is 1. The van der Waals surface area contributed by atoms with Crippen LogP contribution in [0, 0.1) is 5.82 Å². The van der Waals surface area contributed by atoms with Crippen LogP contribution in [-0.4, -0.2) is 17.7 Å². The summed E-state index contributed by atoms with van der Waals surface area (Å²) in [5.74, 6) is -1.46. The molecule has 15 heavy (non-hydrogen) atoms. The first-order valence-electron chi connectivity index (χ1n) is 4.07. The van der Waals surface area contributed by atoms with Crippen molar-refractivity contribution in [2.24, 2.45) is 0 Å². The van der Waals surface area contributed by atoms with Gasteiger partial charge in [-0.25, -0.2) is 9.18 Å². The molecule has 0 spiro atoms. The van der Waals surface area contributed by atoms with Crippen LogP contribution in [0.4, 0.5) is 4.39 Å². The molecule has 0 saturated heterocycles. The van der Waals surface area contributed by atoms with Crippen molar-refractivity contribution in [1.29, 1.82) is 0 Å². The Morgan fingerprint density at radius 3 is 3.00 bits per heavy atom. The van der Waals surface area contributed by atoms with Gasteiger partial charge in [0.2, 0.25) is 0 Å². The van der Waals surface area contributed by atoms with Crippen molar-refractivity contribution in [3.05, 3.63) is 40.6 Å². The summed E-state index contributed by atoms with van der Waals surface area (Å²) < 4.78 is 18.8. The molecule has 0 bridgehead atoms. The van der Waals surface area contributed by atoms with Crippen LogP contribution in [0.3, 0.4) is 0 Å². The molecule has 0 aliphatic carbocycles. The number of carboxylic acids is 1. The predicted octanol–water partition coefficient (Wildman–Crippen LogP) is 2.61. The summed E-state index contributed by atoms with van der Waals surface area (Å²) in [7, 11) is 0. The molecule has 0 fully saturated rings. The highest BCUT2D eigenvalue weighted by Crippen LogP contribution is 2.21. The Hall–Kier alpha value is -1.36. The first kappa shape index (κ1) is 11.7. The number of carbonyl (C=O) groups is 1. The molecule has 1 rings (SSSR count). The second-order valence-corrected chi connectivity index (χ2v) is 3.54. The summed E-state index contributed by atoms with van der Waals surface area (Å²) >= 11 is 3.17. The first-order valence-corrected chi connectivity index (χ1v) is 4.86. The highest BCUT2D eigenvalue weighted by Gasteiger charge is 2.02. The van der Waals surface area contributed by atoms with E-state index in [1.807, 2.05) is 0 Å².